The van der Waals surface area contributed by atoms with Crippen LogP contribution >= 0.6 is 11.6 Å². The van der Waals surface area contributed by atoms with Gasteiger partial charge in [0, 0.05) is 16.0 Å². The maximum absolute atomic E-state index is 6.29. The van der Waals surface area contributed by atoms with E-state index < -0.39 is 0 Å². The Morgan fingerprint density at radius 2 is 1.64 bits per heavy atom. The molecule has 0 unspecified atom stereocenters. The highest BCUT2D eigenvalue weighted by atomic mass is 35.5. The summed E-state index contributed by atoms with van der Waals surface area (Å²) in [7, 11) is 0. The van der Waals surface area contributed by atoms with E-state index in [9.17, 15) is 0 Å². The molecule has 0 aliphatic carbocycles. The van der Waals surface area contributed by atoms with E-state index in [1.54, 1.807) is 0 Å². The summed E-state index contributed by atoms with van der Waals surface area (Å²) in [5.74, 6) is 0.632. The van der Waals surface area contributed by atoms with Crippen LogP contribution < -0.4 is 0 Å². The largest absolute Gasteiger partial charge is 0.436 e. The number of fused-ring (bicyclic) bond motifs is 2. The fourth-order valence-corrected chi connectivity index (χ4v) is 2.99. The Hall–Kier alpha value is -2.32. The van der Waals surface area contributed by atoms with Gasteiger partial charge >= 0.3 is 0 Å². The molecule has 0 atom stereocenters. The van der Waals surface area contributed by atoms with Crippen molar-refractivity contribution in [3.05, 3.63) is 64.7 Å². The van der Waals surface area contributed by atoms with Crippen LogP contribution in [-0.4, -0.2) is 4.98 Å². The van der Waals surface area contributed by atoms with Crippen molar-refractivity contribution in [1.29, 1.82) is 0 Å². The minimum absolute atomic E-state index is 0.632. The van der Waals surface area contributed by atoms with Crippen LogP contribution in [0.15, 0.2) is 52.9 Å². The Morgan fingerprint density at radius 3 is 2.50 bits per heavy atom. The number of hydrogen-bond donors (Lipinski definition) is 0. The van der Waals surface area contributed by atoms with E-state index in [-0.39, 0.29) is 0 Å². The van der Waals surface area contributed by atoms with Gasteiger partial charge in [-0.15, -0.1) is 0 Å². The van der Waals surface area contributed by atoms with Gasteiger partial charge in [-0.05, 0) is 54.6 Å². The van der Waals surface area contributed by atoms with Gasteiger partial charge in [0.15, 0.2) is 5.58 Å². The molecule has 1 heterocycles. The van der Waals surface area contributed by atoms with Crippen molar-refractivity contribution in [3.63, 3.8) is 0 Å². The molecule has 3 aromatic carbocycles. The Kier molecular flexibility index (Phi) is 2.95. The van der Waals surface area contributed by atoms with E-state index in [1.807, 2.05) is 42.5 Å². The minimum Gasteiger partial charge on any atom is -0.436 e. The molecule has 3 heteroatoms. The molecule has 0 fully saturated rings. The molecular weight excluding hydrogens is 294 g/mol. The maximum atomic E-state index is 6.29. The maximum Gasteiger partial charge on any atom is 0.227 e. The number of halogens is 1. The SMILES string of the molecule is Cc1cc2nc(-c3cccc4c(Cl)cccc34)oc2cc1C. The lowest BCUT2D eigenvalue weighted by molar-refractivity contribution is 0.620. The number of benzene rings is 3. The van der Waals surface area contributed by atoms with Crippen LogP contribution in [0.1, 0.15) is 11.1 Å². The van der Waals surface area contributed by atoms with Crippen molar-refractivity contribution in [1.82, 2.24) is 4.98 Å². The lowest BCUT2D eigenvalue weighted by atomic mass is 10.0. The first-order valence-electron chi connectivity index (χ1n) is 7.19. The number of hydrogen-bond acceptors (Lipinski definition) is 2. The monoisotopic (exact) mass is 307 g/mol. The fourth-order valence-electron chi connectivity index (χ4n) is 2.75. The van der Waals surface area contributed by atoms with Gasteiger partial charge < -0.3 is 4.42 Å². The highest BCUT2D eigenvalue weighted by molar-refractivity contribution is 6.35. The predicted molar refractivity (Wildman–Crippen MR) is 91.4 cm³/mol. The summed E-state index contributed by atoms with van der Waals surface area (Å²) in [6, 6.07) is 16.0. The molecular formula is C19H14ClNO. The topological polar surface area (TPSA) is 26.0 Å². The van der Waals surface area contributed by atoms with E-state index in [1.165, 1.54) is 11.1 Å². The number of aryl methyl sites for hydroxylation is 2. The third kappa shape index (κ3) is 1.99. The number of nitrogens with zero attached hydrogens (tertiary/aromatic N) is 1. The first-order chi connectivity index (χ1) is 10.6. The van der Waals surface area contributed by atoms with Crippen LogP contribution in [0.4, 0.5) is 0 Å². The van der Waals surface area contributed by atoms with Gasteiger partial charge in [0.05, 0.1) is 0 Å². The third-order valence-electron chi connectivity index (χ3n) is 4.10. The first-order valence-corrected chi connectivity index (χ1v) is 7.57. The molecule has 0 bridgehead atoms. The molecule has 0 aliphatic rings. The number of aromatic nitrogens is 1. The van der Waals surface area contributed by atoms with Crippen molar-refractivity contribution in [3.8, 4) is 11.5 Å². The van der Waals surface area contributed by atoms with E-state index >= 15 is 0 Å². The molecule has 0 aliphatic heterocycles. The van der Waals surface area contributed by atoms with Gasteiger partial charge in [-0.3, -0.25) is 0 Å². The van der Waals surface area contributed by atoms with Gasteiger partial charge in [-0.25, -0.2) is 4.98 Å². The second-order valence-corrected chi connectivity index (χ2v) is 5.97. The Labute approximate surface area is 133 Å². The Bertz CT molecular complexity index is 978. The zero-order valence-corrected chi connectivity index (χ0v) is 13.1. The van der Waals surface area contributed by atoms with Crippen LogP contribution in [0.2, 0.25) is 5.02 Å². The van der Waals surface area contributed by atoms with Crippen LogP contribution in [0.3, 0.4) is 0 Å². The summed E-state index contributed by atoms with van der Waals surface area (Å²) >= 11 is 6.29. The van der Waals surface area contributed by atoms with Crippen LogP contribution in [0.5, 0.6) is 0 Å². The van der Waals surface area contributed by atoms with Crippen LogP contribution in [0.25, 0.3) is 33.3 Å². The average molecular weight is 308 g/mol. The third-order valence-corrected chi connectivity index (χ3v) is 4.43. The van der Waals surface area contributed by atoms with Crippen molar-refractivity contribution >= 4 is 33.5 Å². The first kappa shape index (κ1) is 13.4. The highest BCUT2D eigenvalue weighted by Crippen LogP contribution is 2.33. The summed E-state index contributed by atoms with van der Waals surface area (Å²) in [6.07, 6.45) is 0. The second-order valence-electron chi connectivity index (χ2n) is 5.56. The van der Waals surface area contributed by atoms with Crippen molar-refractivity contribution in [2.24, 2.45) is 0 Å². The zero-order valence-electron chi connectivity index (χ0n) is 12.4. The fraction of sp³-hybridized carbons (Fsp3) is 0.105. The summed E-state index contributed by atoms with van der Waals surface area (Å²) in [4.78, 5) is 4.65. The summed E-state index contributed by atoms with van der Waals surface area (Å²) in [6.45, 7) is 4.16. The average Bonchev–Trinajstić information content (AvgIpc) is 2.90. The second kappa shape index (κ2) is 4.85. The van der Waals surface area contributed by atoms with Gasteiger partial charge in [-0.2, -0.15) is 0 Å². The molecule has 108 valence electrons. The molecule has 4 rings (SSSR count). The molecule has 1 aromatic heterocycles. The highest BCUT2D eigenvalue weighted by Gasteiger charge is 2.13. The Morgan fingerprint density at radius 1 is 0.909 bits per heavy atom. The van der Waals surface area contributed by atoms with E-state index in [4.69, 9.17) is 16.0 Å². The predicted octanol–water partition coefficient (Wildman–Crippen LogP) is 5.92. The van der Waals surface area contributed by atoms with E-state index in [0.717, 1.165) is 32.5 Å². The van der Waals surface area contributed by atoms with Gasteiger partial charge in [0.1, 0.15) is 5.52 Å². The Balaban J connectivity index is 2.01. The standard InChI is InChI=1S/C19H14ClNO/c1-11-9-17-18(10-12(11)2)22-19(21-17)15-7-3-6-14-13(15)5-4-8-16(14)20/h3-10H,1-2H3. The molecule has 2 nitrogen and oxygen atoms in total. The van der Waals surface area contributed by atoms with Crippen molar-refractivity contribution in [2.75, 3.05) is 0 Å². The van der Waals surface area contributed by atoms with Gasteiger partial charge in [-0.1, -0.05) is 35.9 Å². The smallest absolute Gasteiger partial charge is 0.227 e. The van der Waals surface area contributed by atoms with Gasteiger partial charge in [0.25, 0.3) is 0 Å². The molecule has 4 aromatic rings. The molecule has 22 heavy (non-hydrogen) atoms. The molecule has 0 N–H and O–H groups in total. The van der Waals surface area contributed by atoms with E-state index in [0.29, 0.717) is 5.89 Å². The summed E-state index contributed by atoms with van der Waals surface area (Å²) in [5.41, 5.74) is 5.09. The van der Waals surface area contributed by atoms with Crippen LogP contribution in [-0.2, 0) is 0 Å². The normalized spacial score (nSPS) is 11.4. The van der Waals surface area contributed by atoms with Crippen molar-refractivity contribution < 1.29 is 4.42 Å². The molecule has 0 amide bonds. The summed E-state index contributed by atoms with van der Waals surface area (Å²) < 4.78 is 5.98. The number of rotatable bonds is 1. The molecule has 0 saturated heterocycles. The van der Waals surface area contributed by atoms with Gasteiger partial charge in [0.2, 0.25) is 5.89 Å². The lowest BCUT2D eigenvalue weighted by Gasteiger charge is -2.04. The zero-order chi connectivity index (χ0) is 15.3. The molecule has 0 saturated carbocycles. The van der Waals surface area contributed by atoms with Crippen molar-refractivity contribution in [2.45, 2.75) is 13.8 Å². The molecule has 0 radical (unpaired) electrons. The summed E-state index contributed by atoms with van der Waals surface area (Å²) in [5, 5.41) is 2.80. The quantitative estimate of drug-likeness (QED) is 0.436. The molecule has 0 spiro atoms. The van der Waals surface area contributed by atoms with E-state index in [2.05, 4.69) is 24.9 Å². The number of oxazole rings is 1. The lowest BCUT2D eigenvalue weighted by Crippen LogP contribution is -1.82. The van der Waals surface area contributed by atoms with Crippen LogP contribution in [0, 0.1) is 13.8 Å². The minimum atomic E-state index is 0.632.